The van der Waals surface area contributed by atoms with Crippen molar-refractivity contribution in [2.75, 3.05) is 18.1 Å². The van der Waals surface area contributed by atoms with E-state index in [1.54, 1.807) is 23.6 Å². The summed E-state index contributed by atoms with van der Waals surface area (Å²) in [5, 5.41) is 3.00. The monoisotopic (exact) mass is 356 g/mol. The number of nitrogens with one attached hydrogen (secondary N) is 1. The van der Waals surface area contributed by atoms with E-state index in [-0.39, 0.29) is 11.8 Å². The van der Waals surface area contributed by atoms with Crippen LogP contribution < -0.4 is 5.32 Å². The summed E-state index contributed by atoms with van der Waals surface area (Å²) < 4.78 is 0. The number of anilines is 1. The summed E-state index contributed by atoms with van der Waals surface area (Å²) in [4.78, 5) is 27.2. The molecule has 0 aliphatic heterocycles. The number of aryl methyl sites for hydroxylation is 1. The van der Waals surface area contributed by atoms with Crippen LogP contribution >= 0.6 is 11.8 Å². The molecular weight excluding hydrogens is 332 g/mol. The molecule has 0 heterocycles. The maximum Gasteiger partial charge on any atom is 0.255 e. The van der Waals surface area contributed by atoms with E-state index in [2.05, 4.69) is 5.32 Å². The predicted octanol–water partition coefficient (Wildman–Crippen LogP) is 4.34. The molecule has 0 saturated carbocycles. The zero-order valence-electron chi connectivity index (χ0n) is 15.1. The number of thioether (sulfide) groups is 1. The molecule has 0 spiro atoms. The van der Waals surface area contributed by atoms with Crippen molar-refractivity contribution in [3.63, 3.8) is 0 Å². The number of para-hydroxylation sites is 1. The van der Waals surface area contributed by atoms with Gasteiger partial charge in [-0.05, 0) is 49.4 Å². The lowest BCUT2D eigenvalue weighted by Crippen LogP contribution is -2.28. The Kier molecular flexibility index (Phi) is 6.65. The van der Waals surface area contributed by atoms with Gasteiger partial charge in [-0.25, -0.2) is 0 Å². The van der Waals surface area contributed by atoms with Crippen LogP contribution in [0.25, 0.3) is 0 Å². The summed E-state index contributed by atoms with van der Waals surface area (Å²) in [6.07, 6.45) is 1.99. The van der Waals surface area contributed by atoms with Gasteiger partial charge in [0.15, 0.2) is 0 Å². The van der Waals surface area contributed by atoms with Crippen molar-refractivity contribution in [1.29, 1.82) is 0 Å². The first-order chi connectivity index (χ1) is 12.0. The minimum Gasteiger partial charge on any atom is -0.339 e. The Morgan fingerprint density at radius 3 is 2.52 bits per heavy atom. The van der Waals surface area contributed by atoms with Gasteiger partial charge in [0.05, 0.1) is 0 Å². The van der Waals surface area contributed by atoms with Crippen molar-refractivity contribution in [2.45, 2.75) is 32.2 Å². The average molecular weight is 356 g/mol. The number of rotatable bonds is 6. The topological polar surface area (TPSA) is 49.4 Å². The number of hydrogen-bond acceptors (Lipinski definition) is 3. The van der Waals surface area contributed by atoms with E-state index in [9.17, 15) is 9.59 Å². The fourth-order valence-electron chi connectivity index (χ4n) is 2.59. The molecule has 0 aliphatic carbocycles. The molecule has 0 unspecified atom stereocenters. The third kappa shape index (κ3) is 4.86. The molecule has 0 bridgehead atoms. The zero-order chi connectivity index (χ0) is 18.4. The van der Waals surface area contributed by atoms with Crippen molar-refractivity contribution in [1.82, 2.24) is 4.90 Å². The largest absolute Gasteiger partial charge is 0.339 e. The highest BCUT2D eigenvalue weighted by Crippen LogP contribution is 2.22. The van der Waals surface area contributed by atoms with Gasteiger partial charge in [0.1, 0.15) is 0 Å². The van der Waals surface area contributed by atoms with Crippen molar-refractivity contribution in [3.05, 3.63) is 59.2 Å². The van der Waals surface area contributed by atoms with E-state index < -0.39 is 0 Å². The van der Waals surface area contributed by atoms with E-state index >= 15 is 0 Å². The molecule has 5 heteroatoms. The van der Waals surface area contributed by atoms with E-state index in [1.165, 1.54) is 0 Å². The highest BCUT2D eigenvalue weighted by Gasteiger charge is 2.14. The lowest BCUT2D eigenvalue weighted by atomic mass is 10.1. The summed E-state index contributed by atoms with van der Waals surface area (Å²) in [6.45, 7) is 6.54. The van der Waals surface area contributed by atoms with Crippen LogP contribution in [0.15, 0.2) is 47.4 Å². The van der Waals surface area contributed by atoms with Crippen LogP contribution in [0, 0.1) is 6.92 Å². The smallest absolute Gasteiger partial charge is 0.255 e. The second-order valence-electron chi connectivity index (χ2n) is 5.83. The fourth-order valence-corrected chi connectivity index (χ4v) is 3.03. The molecular formula is C20H24N2O2S. The van der Waals surface area contributed by atoms with Crippen LogP contribution in [-0.2, 0) is 11.3 Å². The molecule has 2 rings (SSSR count). The normalized spacial score (nSPS) is 10.4. The Bertz CT molecular complexity index is 774. The first kappa shape index (κ1) is 19.1. The molecule has 0 atom stereocenters. The Labute approximate surface area is 153 Å². The number of benzene rings is 2. The lowest BCUT2D eigenvalue weighted by molar-refractivity contribution is -0.129. The number of carbonyl (C=O) groups excluding carboxylic acids is 2. The molecule has 2 aromatic rings. The number of amides is 2. The van der Waals surface area contributed by atoms with E-state index in [0.717, 1.165) is 21.7 Å². The average Bonchev–Trinajstić information content (AvgIpc) is 2.60. The van der Waals surface area contributed by atoms with Crippen LogP contribution in [0.4, 0.5) is 5.69 Å². The van der Waals surface area contributed by atoms with E-state index in [1.807, 2.05) is 62.6 Å². The van der Waals surface area contributed by atoms with Crippen molar-refractivity contribution in [2.24, 2.45) is 0 Å². The molecule has 25 heavy (non-hydrogen) atoms. The van der Waals surface area contributed by atoms with Crippen molar-refractivity contribution < 1.29 is 9.59 Å². The Balaban J connectivity index is 2.26. The molecule has 2 aromatic carbocycles. The van der Waals surface area contributed by atoms with E-state index in [0.29, 0.717) is 18.7 Å². The van der Waals surface area contributed by atoms with Gasteiger partial charge >= 0.3 is 0 Å². The number of hydrogen-bond donors (Lipinski definition) is 1. The van der Waals surface area contributed by atoms with Crippen molar-refractivity contribution in [3.8, 4) is 0 Å². The van der Waals surface area contributed by atoms with Gasteiger partial charge < -0.3 is 10.2 Å². The summed E-state index contributed by atoms with van der Waals surface area (Å²) in [6, 6.07) is 13.5. The van der Waals surface area contributed by atoms with Gasteiger partial charge in [-0.1, -0.05) is 24.3 Å². The van der Waals surface area contributed by atoms with Crippen LogP contribution in [0.5, 0.6) is 0 Å². The first-order valence-electron chi connectivity index (χ1n) is 8.25. The van der Waals surface area contributed by atoms with Gasteiger partial charge in [0.2, 0.25) is 5.91 Å². The highest BCUT2D eigenvalue weighted by molar-refractivity contribution is 7.98. The Morgan fingerprint density at radius 2 is 1.88 bits per heavy atom. The summed E-state index contributed by atoms with van der Waals surface area (Å²) in [5.41, 5.74) is 3.26. The summed E-state index contributed by atoms with van der Waals surface area (Å²) >= 11 is 1.61. The maximum absolute atomic E-state index is 12.7. The zero-order valence-corrected chi connectivity index (χ0v) is 15.9. The predicted molar refractivity (Wildman–Crippen MR) is 104 cm³/mol. The number of nitrogens with zero attached hydrogens (tertiary/aromatic N) is 1. The van der Waals surface area contributed by atoms with Crippen molar-refractivity contribution >= 4 is 29.3 Å². The van der Waals surface area contributed by atoms with Gasteiger partial charge in [-0.3, -0.25) is 9.59 Å². The molecule has 0 saturated heterocycles. The second-order valence-corrected chi connectivity index (χ2v) is 6.70. The molecule has 1 N–H and O–H groups in total. The minimum atomic E-state index is -0.133. The maximum atomic E-state index is 12.7. The van der Waals surface area contributed by atoms with E-state index in [4.69, 9.17) is 0 Å². The number of carbonyl (C=O) groups is 2. The van der Waals surface area contributed by atoms with Crippen LogP contribution in [0.3, 0.4) is 0 Å². The summed E-state index contributed by atoms with van der Waals surface area (Å²) in [7, 11) is 0. The molecule has 0 aliphatic rings. The van der Waals surface area contributed by atoms with Crippen LogP contribution in [0.1, 0.15) is 35.3 Å². The van der Waals surface area contributed by atoms with Gasteiger partial charge in [0, 0.05) is 36.2 Å². The second kappa shape index (κ2) is 8.72. The quantitative estimate of drug-likeness (QED) is 0.784. The standard InChI is InChI=1S/C20H24N2O2S/c1-5-22(15(3)23)13-16-8-6-7-9-19(16)21-20(24)18-12-17(25-4)11-10-14(18)2/h6-12H,5,13H2,1-4H3,(H,21,24). The Hall–Kier alpha value is -2.27. The SMILES string of the molecule is CCN(Cc1ccccc1NC(=O)c1cc(SC)ccc1C)C(C)=O. The highest BCUT2D eigenvalue weighted by atomic mass is 32.2. The third-order valence-electron chi connectivity index (χ3n) is 4.14. The molecule has 2 amide bonds. The summed E-state index contributed by atoms with van der Waals surface area (Å²) in [5.74, 6) is -0.112. The van der Waals surface area contributed by atoms with Gasteiger partial charge in [0.25, 0.3) is 5.91 Å². The molecule has 0 fully saturated rings. The van der Waals surface area contributed by atoms with Crippen LogP contribution in [-0.4, -0.2) is 29.5 Å². The Morgan fingerprint density at radius 1 is 1.16 bits per heavy atom. The van der Waals surface area contributed by atoms with Gasteiger partial charge in [-0.15, -0.1) is 11.8 Å². The molecule has 0 aromatic heterocycles. The first-order valence-corrected chi connectivity index (χ1v) is 9.48. The molecule has 132 valence electrons. The third-order valence-corrected chi connectivity index (χ3v) is 4.87. The minimum absolute atomic E-state index is 0.0205. The molecule has 0 radical (unpaired) electrons. The lowest BCUT2D eigenvalue weighted by Gasteiger charge is -2.21. The van der Waals surface area contributed by atoms with Gasteiger partial charge in [-0.2, -0.15) is 0 Å². The molecule has 4 nitrogen and oxygen atoms in total. The van der Waals surface area contributed by atoms with Crippen LogP contribution in [0.2, 0.25) is 0 Å². The fraction of sp³-hybridized carbons (Fsp3) is 0.300.